The van der Waals surface area contributed by atoms with Crippen molar-refractivity contribution in [3.05, 3.63) is 62.9 Å². The quantitative estimate of drug-likeness (QED) is 0.789. The lowest BCUT2D eigenvalue weighted by Crippen LogP contribution is -2.43. The highest BCUT2D eigenvalue weighted by Gasteiger charge is 2.17. The second-order valence-corrected chi connectivity index (χ2v) is 4.67. The monoisotopic (exact) mass is 289 g/mol. The zero-order valence-electron chi connectivity index (χ0n) is 11.4. The van der Waals surface area contributed by atoms with Crippen molar-refractivity contribution in [1.29, 1.82) is 0 Å². The summed E-state index contributed by atoms with van der Waals surface area (Å²) in [5.41, 5.74) is 3.78. The Hall–Kier alpha value is -2.67. The van der Waals surface area contributed by atoms with Gasteiger partial charge in [0.15, 0.2) is 0 Å². The van der Waals surface area contributed by atoms with Gasteiger partial charge in [0.05, 0.1) is 18.3 Å². The number of aliphatic hydroxyl groups excluding tert-OH is 1. The smallest absolute Gasteiger partial charge is 0.335 e. The van der Waals surface area contributed by atoms with Crippen molar-refractivity contribution >= 4 is 5.91 Å². The van der Waals surface area contributed by atoms with Crippen molar-refractivity contribution in [3.63, 3.8) is 0 Å². The van der Waals surface area contributed by atoms with Crippen LogP contribution in [0, 0.1) is 0 Å². The second-order valence-electron chi connectivity index (χ2n) is 4.67. The second kappa shape index (κ2) is 5.76. The van der Waals surface area contributed by atoms with Gasteiger partial charge in [-0.3, -0.25) is 14.2 Å². The number of amides is 1. The molecule has 0 aliphatic heterocycles. The number of aliphatic hydroxyl groups is 1. The van der Waals surface area contributed by atoms with E-state index in [1.165, 1.54) is 6.92 Å². The van der Waals surface area contributed by atoms with Gasteiger partial charge < -0.3 is 10.8 Å². The minimum Gasteiger partial charge on any atom is -0.392 e. The van der Waals surface area contributed by atoms with Crippen LogP contribution in [0.2, 0.25) is 0 Å². The number of hydrogen-bond acceptors (Lipinski definition) is 4. The molecule has 0 aliphatic rings. The Balaban J connectivity index is 2.80. The summed E-state index contributed by atoms with van der Waals surface area (Å²) in [7, 11) is 0. The number of benzene rings is 1. The normalized spacial score (nSPS) is 12.1. The molecule has 21 heavy (non-hydrogen) atoms. The summed E-state index contributed by atoms with van der Waals surface area (Å²) in [4.78, 5) is 36.0. The number of primary amides is 1. The number of hydrogen-bond donors (Lipinski definition) is 2. The first-order valence-corrected chi connectivity index (χ1v) is 6.31. The first kappa shape index (κ1) is 14.7. The van der Waals surface area contributed by atoms with Crippen LogP contribution in [-0.2, 0) is 6.54 Å². The van der Waals surface area contributed by atoms with E-state index in [1.807, 2.05) is 0 Å². The number of carbonyl (C=O) groups is 1. The average molecular weight is 289 g/mol. The van der Waals surface area contributed by atoms with E-state index >= 15 is 0 Å². The molecular weight excluding hydrogens is 274 g/mol. The van der Waals surface area contributed by atoms with E-state index in [1.54, 1.807) is 30.3 Å². The van der Waals surface area contributed by atoms with Crippen LogP contribution in [-0.4, -0.2) is 26.3 Å². The van der Waals surface area contributed by atoms with Crippen LogP contribution in [0.5, 0.6) is 0 Å². The summed E-state index contributed by atoms with van der Waals surface area (Å²) in [5, 5.41) is 9.43. The van der Waals surface area contributed by atoms with E-state index in [4.69, 9.17) is 5.73 Å². The van der Waals surface area contributed by atoms with Crippen LogP contribution in [0.3, 0.4) is 0 Å². The highest BCUT2D eigenvalue weighted by Crippen LogP contribution is 2.02. The molecule has 0 spiro atoms. The van der Waals surface area contributed by atoms with Crippen molar-refractivity contribution in [3.8, 4) is 5.69 Å². The third kappa shape index (κ3) is 2.92. The number of rotatable bonds is 4. The van der Waals surface area contributed by atoms with E-state index in [-0.39, 0.29) is 12.1 Å². The van der Waals surface area contributed by atoms with Crippen LogP contribution in [0.4, 0.5) is 0 Å². The highest BCUT2D eigenvalue weighted by atomic mass is 16.3. The first-order chi connectivity index (χ1) is 9.91. The average Bonchev–Trinajstić information content (AvgIpc) is 2.42. The predicted molar refractivity (Wildman–Crippen MR) is 76.5 cm³/mol. The molecule has 0 saturated carbocycles. The number of aromatic nitrogens is 2. The lowest BCUT2D eigenvalue weighted by atomic mass is 10.2. The Kier molecular flexibility index (Phi) is 4.04. The Bertz CT molecular complexity index is 775. The summed E-state index contributed by atoms with van der Waals surface area (Å²) < 4.78 is 1.96. The fraction of sp³-hybridized carbons (Fsp3) is 0.214. The van der Waals surface area contributed by atoms with Gasteiger partial charge in [-0.15, -0.1) is 0 Å². The first-order valence-electron chi connectivity index (χ1n) is 6.31. The summed E-state index contributed by atoms with van der Waals surface area (Å²) in [5.74, 6) is -0.927. The van der Waals surface area contributed by atoms with Gasteiger partial charge in [0, 0.05) is 6.20 Å². The minimum atomic E-state index is -0.927. The summed E-state index contributed by atoms with van der Waals surface area (Å²) >= 11 is 0. The molecule has 110 valence electrons. The van der Waals surface area contributed by atoms with Crippen molar-refractivity contribution < 1.29 is 9.90 Å². The van der Waals surface area contributed by atoms with Crippen molar-refractivity contribution in [2.24, 2.45) is 5.73 Å². The standard InChI is InChI=1S/C14H15N3O4/c1-9(18)7-16-8-11(12(15)19)13(20)17(14(16)21)10-5-3-2-4-6-10/h2-6,8-9,18H,7H2,1H3,(H2,15,19). The van der Waals surface area contributed by atoms with Crippen LogP contribution in [0.15, 0.2) is 46.1 Å². The molecule has 3 N–H and O–H groups in total. The Morgan fingerprint density at radius 1 is 1.29 bits per heavy atom. The Morgan fingerprint density at radius 2 is 1.90 bits per heavy atom. The maximum atomic E-state index is 12.4. The molecule has 0 fully saturated rings. The molecule has 0 aliphatic carbocycles. The van der Waals surface area contributed by atoms with Gasteiger partial charge in [0.1, 0.15) is 5.56 Å². The molecule has 2 aromatic rings. The fourth-order valence-electron chi connectivity index (χ4n) is 1.99. The van der Waals surface area contributed by atoms with Crippen LogP contribution in [0.1, 0.15) is 17.3 Å². The lowest BCUT2D eigenvalue weighted by Gasteiger charge is -2.13. The van der Waals surface area contributed by atoms with Gasteiger partial charge in [-0.1, -0.05) is 18.2 Å². The van der Waals surface area contributed by atoms with E-state index in [0.717, 1.165) is 15.3 Å². The molecule has 1 atom stereocenters. The Morgan fingerprint density at radius 3 is 2.43 bits per heavy atom. The van der Waals surface area contributed by atoms with Gasteiger partial charge in [-0.05, 0) is 19.1 Å². The van der Waals surface area contributed by atoms with E-state index in [0.29, 0.717) is 5.69 Å². The van der Waals surface area contributed by atoms with Gasteiger partial charge in [0.25, 0.3) is 11.5 Å². The summed E-state index contributed by atoms with van der Waals surface area (Å²) in [6.45, 7) is 1.45. The van der Waals surface area contributed by atoms with Gasteiger partial charge >= 0.3 is 5.69 Å². The number of nitrogens with zero attached hydrogens (tertiary/aromatic N) is 2. The van der Waals surface area contributed by atoms with E-state index < -0.39 is 23.3 Å². The number of nitrogens with two attached hydrogens (primary N) is 1. The number of carbonyl (C=O) groups excluding carboxylic acids is 1. The molecule has 0 radical (unpaired) electrons. The molecular formula is C14H15N3O4. The summed E-state index contributed by atoms with van der Waals surface area (Å²) in [6, 6.07) is 8.20. The number of para-hydroxylation sites is 1. The van der Waals surface area contributed by atoms with Crippen molar-refractivity contribution in [2.45, 2.75) is 19.6 Å². The molecule has 1 heterocycles. The minimum absolute atomic E-state index is 0.0494. The molecule has 0 bridgehead atoms. The lowest BCUT2D eigenvalue weighted by molar-refractivity contribution is 0.0996. The summed E-state index contributed by atoms with van der Waals surface area (Å²) in [6.07, 6.45) is 0.268. The zero-order valence-corrected chi connectivity index (χ0v) is 11.4. The molecule has 1 aromatic heterocycles. The molecule has 1 aromatic carbocycles. The van der Waals surface area contributed by atoms with Gasteiger partial charge in [0.2, 0.25) is 0 Å². The highest BCUT2D eigenvalue weighted by molar-refractivity contribution is 5.92. The fourth-order valence-corrected chi connectivity index (χ4v) is 1.99. The van der Waals surface area contributed by atoms with Crippen LogP contribution >= 0.6 is 0 Å². The molecule has 2 rings (SSSR count). The van der Waals surface area contributed by atoms with Crippen LogP contribution < -0.4 is 17.0 Å². The van der Waals surface area contributed by atoms with Crippen LogP contribution in [0.25, 0.3) is 5.69 Å². The zero-order chi connectivity index (χ0) is 15.6. The largest absolute Gasteiger partial charge is 0.392 e. The molecule has 0 saturated heterocycles. The topological polar surface area (TPSA) is 107 Å². The molecule has 1 unspecified atom stereocenters. The van der Waals surface area contributed by atoms with Crippen molar-refractivity contribution in [1.82, 2.24) is 9.13 Å². The predicted octanol–water partition coefficient (Wildman–Crippen LogP) is -0.521. The third-order valence-corrected chi connectivity index (χ3v) is 2.90. The molecule has 7 heteroatoms. The van der Waals surface area contributed by atoms with Gasteiger partial charge in [-0.2, -0.15) is 0 Å². The third-order valence-electron chi connectivity index (χ3n) is 2.90. The van der Waals surface area contributed by atoms with E-state index in [9.17, 15) is 19.5 Å². The molecule has 1 amide bonds. The van der Waals surface area contributed by atoms with Crippen molar-refractivity contribution in [2.75, 3.05) is 0 Å². The van der Waals surface area contributed by atoms with E-state index in [2.05, 4.69) is 0 Å². The maximum absolute atomic E-state index is 12.4. The molecule has 7 nitrogen and oxygen atoms in total. The maximum Gasteiger partial charge on any atom is 0.335 e. The Labute approximate surface area is 119 Å². The van der Waals surface area contributed by atoms with Gasteiger partial charge in [-0.25, -0.2) is 9.36 Å². The SMILES string of the molecule is CC(O)Cn1cc(C(N)=O)c(=O)n(-c2ccccc2)c1=O.